The van der Waals surface area contributed by atoms with E-state index in [1.807, 2.05) is 19.9 Å². The molecule has 0 saturated heterocycles. The van der Waals surface area contributed by atoms with Gasteiger partial charge in [-0.3, -0.25) is 14.0 Å². The van der Waals surface area contributed by atoms with Crippen LogP contribution in [0.3, 0.4) is 0 Å². The second-order valence-electron chi connectivity index (χ2n) is 5.98. The van der Waals surface area contributed by atoms with E-state index in [9.17, 15) is 14.0 Å². The van der Waals surface area contributed by atoms with Crippen molar-refractivity contribution in [3.05, 3.63) is 52.6 Å². The lowest BCUT2D eigenvalue weighted by Gasteiger charge is -2.18. The third kappa shape index (κ3) is 2.84. The van der Waals surface area contributed by atoms with Crippen molar-refractivity contribution in [3.8, 4) is 5.75 Å². The zero-order valence-electron chi connectivity index (χ0n) is 14.1. The van der Waals surface area contributed by atoms with Gasteiger partial charge in [-0.15, -0.1) is 0 Å². The number of nitrogen functional groups attached to an aromatic ring is 1. The van der Waals surface area contributed by atoms with Crippen molar-refractivity contribution in [1.82, 2.24) is 0 Å². The third-order valence-corrected chi connectivity index (χ3v) is 4.41. The third-order valence-electron chi connectivity index (χ3n) is 4.41. The highest BCUT2D eigenvalue weighted by atomic mass is 19.1. The van der Waals surface area contributed by atoms with E-state index in [0.717, 1.165) is 16.0 Å². The van der Waals surface area contributed by atoms with E-state index in [1.165, 1.54) is 6.07 Å². The van der Waals surface area contributed by atoms with Crippen LogP contribution in [0.2, 0.25) is 0 Å². The van der Waals surface area contributed by atoms with Crippen molar-refractivity contribution in [1.29, 1.82) is 0 Å². The molecule has 0 unspecified atom stereocenters. The first-order valence-electron chi connectivity index (χ1n) is 8.03. The molecule has 1 heterocycles. The molecule has 5 nitrogen and oxygen atoms in total. The molecular weight excluding hydrogens is 323 g/mol. The SMILES string of the molecule is Cc1ccc(N2C(=O)c3ccc(OCCCF)cc3C2=O)c(N)c1C. The number of nitrogens with two attached hydrogens (primary N) is 1. The number of carbonyl (C=O) groups is 2. The van der Waals surface area contributed by atoms with E-state index < -0.39 is 18.5 Å². The first-order chi connectivity index (χ1) is 12.0. The van der Waals surface area contributed by atoms with Crippen LogP contribution in [-0.2, 0) is 0 Å². The molecule has 2 aromatic rings. The summed E-state index contributed by atoms with van der Waals surface area (Å²) in [4.78, 5) is 26.6. The van der Waals surface area contributed by atoms with Crippen molar-refractivity contribution < 1.29 is 18.7 Å². The molecule has 2 aromatic carbocycles. The molecule has 25 heavy (non-hydrogen) atoms. The molecule has 0 saturated carbocycles. The number of anilines is 2. The van der Waals surface area contributed by atoms with Gasteiger partial charge in [0.15, 0.2) is 0 Å². The summed E-state index contributed by atoms with van der Waals surface area (Å²) in [6, 6.07) is 8.19. The topological polar surface area (TPSA) is 72.6 Å². The van der Waals surface area contributed by atoms with Crippen molar-refractivity contribution in [2.75, 3.05) is 23.9 Å². The molecule has 0 spiro atoms. The molecule has 1 aliphatic heterocycles. The number of amides is 2. The smallest absolute Gasteiger partial charge is 0.266 e. The lowest BCUT2D eigenvalue weighted by Crippen LogP contribution is -2.30. The second-order valence-corrected chi connectivity index (χ2v) is 5.98. The number of halogens is 1. The minimum absolute atomic E-state index is 0.214. The van der Waals surface area contributed by atoms with Gasteiger partial charge in [0.2, 0.25) is 0 Å². The van der Waals surface area contributed by atoms with Crippen molar-refractivity contribution in [2.45, 2.75) is 20.3 Å². The molecule has 0 aromatic heterocycles. The maximum atomic E-state index is 12.8. The molecule has 0 aliphatic carbocycles. The summed E-state index contributed by atoms with van der Waals surface area (Å²) >= 11 is 0. The summed E-state index contributed by atoms with van der Waals surface area (Å²) in [5.41, 5.74) is 9.32. The molecule has 2 N–H and O–H groups in total. The van der Waals surface area contributed by atoms with Gasteiger partial charge in [-0.25, -0.2) is 4.90 Å². The maximum absolute atomic E-state index is 12.8. The first kappa shape index (κ1) is 17.0. The van der Waals surface area contributed by atoms with Crippen LogP contribution in [0.15, 0.2) is 30.3 Å². The van der Waals surface area contributed by atoms with Gasteiger partial charge in [-0.1, -0.05) is 6.07 Å². The zero-order chi connectivity index (χ0) is 18.1. The van der Waals surface area contributed by atoms with Gasteiger partial charge < -0.3 is 10.5 Å². The molecule has 0 fully saturated rings. The van der Waals surface area contributed by atoms with Crippen molar-refractivity contribution in [2.24, 2.45) is 0 Å². The van der Waals surface area contributed by atoms with Crippen molar-refractivity contribution >= 4 is 23.2 Å². The Labute approximate surface area is 145 Å². The van der Waals surface area contributed by atoms with Crippen LogP contribution in [0.1, 0.15) is 38.3 Å². The highest BCUT2D eigenvalue weighted by Gasteiger charge is 2.38. The van der Waals surface area contributed by atoms with E-state index in [4.69, 9.17) is 10.5 Å². The summed E-state index contributed by atoms with van der Waals surface area (Å²) in [6.45, 7) is 3.51. The van der Waals surface area contributed by atoms with E-state index in [0.29, 0.717) is 22.7 Å². The number of hydrogen-bond donors (Lipinski definition) is 1. The first-order valence-corrected chi connectivity index (χ1v) is 8.03. The molecule has 2 amide bonds. The van der Waals surface area contributed by atoms with E-state index in [1.54, 1.807) is 18.2 Å². The Morgan fingerprint density at radius 3 is 2.52 bits per heavy atom. The number of nitrogens with zero attached hydrogens (tertiary/aromatic N) is 1. The number of ether oxygens (including phenoxy) is 1. The normalized spacial score (nSPS) is 13.3. The molecule has 6 heteroatoms. The standard InChI is InChI=1S/C19H19FN2O3/c1-11-4-7-16(17(21)12(11)2)22-18(23)14-6-5-13(25-9-3-8-20)10-15(14)19(22)24/h4-7,10H,3,8-9,21H2,1-2H3. The Hall–Kier alpha value is -2.89. The molecule has 0 radical (unpaired) electrons. The van der Waals surface area contributed by atoms with Gasteiger partial charge in [0, 0.05) is 6.42 Å². The lowest BCUT2D eigenvalue weighted by atomic mass is 10.1. The predicted molar refractivity (Wildman–Crippen MR) is 94.0 cm³/mol. The summed E-state index contributed by atoms with van der Waals surface area (Å²) in [7, 11) is 0. The van der Waals surface area contributed by atoms with Crippen molar-refractivity contribution in [3.63, 3.8) is 0 Å². The largest absolute Gasteiger partial charge is 0.493 e. The summed E-state index contributed by atoms with van der Waals surface area (Å²) in [5.74, 6) is -0.417. The Balaban J connectivity index is 1.96. The van der Waals surface area contributed by atoms with Crippen LogP contribution in [0.25, 0.3) is 0 Å². The fourth-order valence-electron chi connectivity index (χ4n) is 2.79. The summed E-state index contributed by atoms with van der Waals surface area (Å²) in [5, 5.41) is 0. The quantitative estimate of drug-likeness (QED) is 0.513. The van der Waals surface area contributed by atoms with Crippen LogP contribution in [0.4, 0.5) is 15.8 Å². The summed E-state index contributed by atoms with van der Waals surface area (Å²) in [6.07, 6.45) is 0.273. The van der Waals surface area contributed by atoms with Crippen LogP contribution in [0.5, 0.6) is 5.75 Å². The second kappa shape index (κ2) is 6.55. The Morgan fingerprint density at radius 1 is 1.08 bits per heavy atom. The number of aryl methyl sites for hydroxylation is 1. The predicted octanol–water partition coefficient (Wildman–Crippen LogP) is 3.42. The van der Waals surface area contributed by atoms with Gasteiger partial charge in [0.05, 0.1) is 35.8 Å². The molecule has 3 rings (SSSR count). The number of carbonyl (C=O) groups excluding carboxylic acids is 2. The monoisotopic (exact) mass is 342 g/mol. The van der Waals surface area contributed by atoms with Gasteiger partial charge in [0.1, 0.15) is 5.75 Å². The Morgan fingerprint density at radius 2 is 1.80 bits per heavy atom. The molecule has 0 atom stereocenters. The van der Waals surface area contributed by atoms with Crippen LogP contribution < -0.4 is 15.4 Å². The zero-order valence-corrected chi connectivity index (χ0v) is 14.1. The number of alkyl halides is 1. The number of rotatable bonds is 5. The van der Waals surface area contributed by atoms with Crippen LogP contribution in [-0.4, -0.2) is 25.1 Å². The highest BCUT2D eigenvalue weighted by molar-refractivity contribution is 6.35. The minimum atomic E-state index is -0.470. The fourth-order valence-corrected chi connectivity index (χ4v) is 2.79. The molecule has 1 aliphatic rings. The van der Waals surface area contributed by atoms with Crippen LogP contribution >= 0.6 is 0 Å². The summed E-state index contributed by atoms with van der Waals surface area (Å²) < 4.78 is 17.6. The van der Waals surface area contributed by atoms with Gasteiger partial charge in [0.25, 0.3) is 11.8 Å². The maximum Gasteiger partial charge on any atom is 0.266 e. The number of hydrogen-bond acceptors (Lipinski definition) is 4. The minimum Gasteiger partial charge on any atom is -0.493 e. The molecule has 130 valence electrons. The van der Waals surface area contributed by atoms with E-state index in [2.05, 4.69) is 0 Å². The van der Waals surface area contributed by atoms with Gasteiger partial charge in [-0.2, -0.15) is 0 Å². The van der Waals surface area contributed by atoms with Crippen LogP contribution in [0, 0.1) is 13.8 Å². The fraction of sp³-hybridized carbons (Fsp3) is 0.263. The van der Waals surface area contributed by atoms with Gasteiger partial charge >= 0.3 is 0 Å². The van der Waals surface area contributed by atoms with Gasteiger partial charge in [-0.05, 0) is 49.2 Å². The number of benzene rings is 2. The Kier molecular flexibility index (Phi) is 4.44. The van der Waals surface area contributed by atoms with E-state index in [-0.39, 0.29) is 18.6 Å². The Bertz CT molecular complexity index is 864. The number of imide groups is 1. The average molecular weight is 342 g/mol. The highest BCUT2D eigenvalue weighted by Crippen LogP contribution is 2.35. The number of fused-ring (bicyclic) bond motifs is 1. The lowest BCUT2D eigenvalue weighted by molar-refractivity contribution is 0.0926. The molecular formula is C19H19FN2O3. The van der Waals surface area contributed by atoms with E-state index >= 15 is 0 Å². The molecule has 0 bridgehead atoms. The average Bonchev–Trinajstić information content (AvgIpc) is 2.85.